The van der Waals surface area contributed by atoms with Gasteiger partial charge < -0.3 is 4.90 Å². The molecule has 104 valence electrons. The van der Waals surface area contributed by atoms with Gasteiger partial charge in [-0.2, -0.15) is 0 Å². The van der Waals surface area contributed by atoms with Gasteiger partial charge in [0.05, 0.1) is 0 Å². The Morgan fingerprint density at radius 1 is 1.26 bits per heavy atom. The second-order valence-electron chi connectivity index (χ2n) is 6.03. The van der Waals surface area contributed by atoms with E-state index in [2.05, 4.69) is 36.7 Å². The molecule has 0 spiro atoms. The van der Waals surface area contributed by atoms with Gasteiger partial charge in [0.2, 0.25) is 0 Å². The van der Waals surface area contributed by atoms with Gasteiger partial charge in [0.15, 0.2) is 0 Å². The molecule has 1 aromatic carbocycles. The Labute approximate surface area is 124 Å². The number of nitrogens with zero attached hydrogens (tertiary/aromatic N) is 1. The van der Waals surface area contributed by atoms with Crippen LogP contribution in [0.25, 0.3) is 0 Å². The molecule has 1 fully saturated rings. The van der Waals surface area contributed by atoms with Crippen LogP contribution in [0.1, 0.15) is 43.1 Å². The summed E-state index contributed by atoms with van der Waals surface area (Å²) in [7, 11) is 0. The minimum absolute atomic E-state index is 0.162. The Morgan fingerprint density at radius 3 is 2.58 bits per heavy atom. The molecule has 1 heterocycles. The first kappa shape index (κ1) is 14.6. The van der Waals surface area contributed by atoms with Crippen molar-refractivity contribution < 1.29 is 4.79 Å². The summed E-state index contributed by atoms with van der Waals surface area (Å²) in [6.45, 7) is 9.53. The van der Waals surface area contributed by atoms with E-state index in [-0.39, 0.29) is 5.91 Å². The average Bonchev–Trinajstić information content (AvgIpc) is 2.31. The Bertz CT molecular complexity index is 465. The maximum absolute atomic E-state index is 12.7. The number of piperidine rings is 1. The molecule has 0 aromatic heterocycles. The topological polar surface area (TPSA) is 20.3 Å². The molecular weight excluding hydrogens is 302 g/mol. The second-order valence-corrected chi connectivity index (χ2v) is 6.95. The second kappa shape index (κ2) is 5.66. The molecule has 1 aliphatic rings. The predicted octanol–water partition coefficient (Wildman–Crippen LogP) is 4.26. The molecule has 0 aliphatic carbocycles. The molecule has 0 radical (unpaired) electrons. The zero-order chi connectivity index (χ0) is 14.2. The number of hydrogen-bond donors (Lipinski definition) is 0. The SMILES string of the molecule is Cc1cc(Br)cc(C(=O)N2CC(C)CC(C)C2C)c1. The molecule has 1 aromatic rings. The summed E-state index contributed by atoms with van der Waals surface area (Å²) in [6, 6.07) is 6.25. The van der Waals surface area contributed by atoms with E-state index in [1.807, 2.05) is 30.0 Å². The quantitative estimate of drug-likeness (QED) is 0.756. The molecular formula is C16H22BrNO. The smallest absolute Gasteiger partial charge is 0.254 e. The molecule has 0 N–H and O–H groups in total. The molecule has 2 nitrogen and oxygen atoms in total. The van der Waals surface area contributed by atoms with E-state index in [9.17, 15) is 4.79 Å². The van der Waals surface area contributed by atoms with E-state index >= 15 is 0 Å². The summed E-state index contributed by atoms with van der Waals surface area (Å²) in [4.78, 5) is 14.8. The van der Waals surface area contributed by atoms with Crippen molar-refractivity contribution in [3.8, 4) is 0 Å². The monoisotopic (exact) mass is 323 g/mol. The van der Waals surface area contributed by atoms with Crippen LogP contribution in [-0.4, -0.2) is 23.4 Å². The van der Waals surface area contributed by atoms with Crippen LogP contribution in [0.2, 0.25) is 0 Å². The van der Waals surface area contributed by atoms with Gasteiger partial charge in [-0.25, -0.2) is 0 Å². The Kier molecular flexibility index (Phi) is 4.34. The number of amides is 1. The highest BCUT2D eigenvalue weighted by molar-refractivity contribution is 9.10. The largest absolute Gasteiger partial charge is 0.335 e. The summed E-state index contributed by atoms with van der Waals surface area (Å²) < 4.78 is 0.974. The third kappa shape index (κ3) is 3.19. The average molecular weight is 324 g/mol. The first-order chi connectivity index (χ1) is 8.88. The Morgan fingerprint density at radius 2 is 1.95 bits per heavy atom. The highest BCUT2D eigenvalue weighted by atomic mass is 79.9. The van der Waals surface area contributed by atoms with E-state index in [0.717, 1.165) is 22.1 Å². The summed E-state index contributed by atoms with van der Waals surface area (Å²) in [6.07, 6.45) is 1.21. The third-order valence-electron chi connectivity index (χ3n) is 4.15. The molecule has 3 atom stereocenters. The summed E-state index contributed by atoms with van der Waals surface area (Å²) in [5.74, 6) is 1.32. The number of hydrogen-bond acceptors (Lipinski definition) is 1. The van der Waals surface area contributed by atoms with E-state index in [1.54, 1.807) is 0 Å². The first-order valence-corrected chi connectivity index (χ1v) is 7.76. The maximum atomic E-state index is 12.7. The molecule has 3 unspecified atom stereocenters. The van der Waals surface area contributed by atoms with Crippen LogP contribution >= 0.6 is 15.9 Å². The standard InChI is InChI=1S/C16H22BrNO/c1-10-6-14(8-15(17)7-10)16(19)18-9-11(2)5-12(3)13(18)4/h6-8,11-13H,5,9H2,1-4H3. The van der Waals surface area contributed by atoms with Crippen molar-refractivity contribution in [2.24, 2.45) is 11.8 Å². The van der Waals surface area contributed by atoms with Crippen molar-refractivity contribution in [2.75, 3.05) is 6.54 Å². The summed E-state index contributed by atoms with van der Waals surface area (Å²) in [5.41, 5.74) is 1.91. The highest BCUT2D eigenvalue weighted by Crippen LogP contribution is 2.28. The van der Waals surface area contributed by atoms with E-state index in [4.69, 9.17) is 0 Å². The number of carbonyl (C=O) groups is 1. The zero-order valence-electron chi connectivity index (χ0n) is 12.1. The van der Waals surface area contributed by atoms with Gasteiger partial charge in [-0.05, 0) is 55.9 Å². The van der Waals surface area contributed by atoms with Gasteiger partial charge >= 0.3 is 0 Å². The van der Waals surface area contributed by atoms with Gasteiger partial charge in [0.25, 0.3) is 5.91 Å². The van der Waals surface area contributed by atoms with Crippen LogP contribution < -0.4 is 0 Å². The molecule has 3 heteroatoms. The van der Waals surface area contributed by atoms with Gasteiger partial charge in [-0.15, -0.1) is 0 Å². The lowest BCUT2D eigenvalue weighted by atomic mass is 9.85. The van der Waals surface area contributed by atoms with Gasteiger partial charge in [-0.3, -0.25) is 4.79 Å². The van der Waals surface area contributed by atoms with Crippen molar-refractivity contribution in [2.45, 2.75) is 40.2 Å². The number of carbonyl (C=O) groups excluding carboxylic acids is 1. The molecule has 1 amide bonds. The minimum Gasteiger partial charge on any atom is -0.335 e. The van der Waals surface area contributed by atoms with Gasteiger partial charge in [-0.1, -0.05) is 29.8 Å². The van der Waals surface area contributed by atoms with Gasteiger partial charge in [0.1, 0.15) is 0 Å². The predicted molar refractivity (Wildman–Crippen MR) is 82.3 cm³/mol. The Hall–Kier alpha value is -0.830. The zero-order valence-corrected chi connectivity index (χ0v) is 13.7. The number of aryl methyl sites for hydroxylation is 1. The van der Waals surface area contributed by atoms with E-state index in [1.165, 1.54) is 6.42 Å². The lowest BCUT2D eigenvalue weighted by Gasteiger charge is -2.41. The fraction of sp³-hybridized carbons (Fsp3) is 0.562. The number of rotatable bonds is 1. The van der Waals surface area contributed by atoms with Crippen LogP contribution in [0.3, 0.4) is 0 Å². The molecule has 1 saturated heterocycles. The Balaban J connectivity index is 2.27. The van der Waals surface area contributed by atoms with Crippen molar-refractivity contribution in [1.82, 2.24) is 4.90 Å². The van der Waals surface area contributed by atoms with Crippen LogP contribution in [-0.2, 0) is 0 Å². The molecule has 19 heavy (non-hydrogen) atoms. The maximum Gasteiger partial charge on any atom is 0.254 e. The third-order valence-corrected chi connectivity index (χ3v) is 4.61. The van der Waals surface area contributed by atoms with E-state index < -0.39 is 0 Å². The van der Waals surface area contributed by atoms with Crippen LogP contribution in [0.5, 0.6) is 0 Å². The summed E-state index contributed by atoms with van der Waals surface area (Å²) >= 11 is 3.47. The number of likely N-dealkylation sites (tertiary alicyclic amines) is 1. The molecule has 1 aliphatic heterocycles. The first-order valence-electron chi connectivity index (χ1n) is 6.96. The van der Waals surface area contributed by atoms with Crippen LogP contribution in [0.4, 0.5) is 0 Å². The lowest BCUT2D eigenvalue weighted by molar-refractivity contribution is 0.0455. The normalized spacial score (nSPS) is 27.4. The minimum atomic E-state index is 0.162. The number of halogens is 1. The fourth-order valence-corrected chi connectivity index (χ4v) is 3.62. The highest BCUT2D eigenvalue weighted by Gasteiger charge is 2.32. The van der Waals surface area contributed by atoms with Crippen molar-refractivity contribution >= 4 is 21.8 Å². The van der Waals surface area contributed by atoms with Gasteiger partial charge in [0, 0.05) is 22.6 Å². The fourth-order valence-electron chi connectivity index (χ4n) is 3.01. The van der Waals surface area contributed by atoms with Crippen molar-refractivity contribution in [3.63, 3.8) is 0 Å². The van der Waals surface area contributed by atoms with Crippen molar-refractivity contribution in [3.05, 3.63) is 33.8 Å². The van der Waals surface area contributed by atoms with Crippen LogP contribution in [0, 0.1) is 18.8 Å². The van der Waals surface area contributed by atoms with Crippen molar-refractivity contribution in [1.29, 1.82) is 0 Å². The lowest BCUT2D eigenvalue weighted by Crippen LogP contribution is -2.48. The van der Waals surface area contributed by atoms with Crippen LogP contribution in [0.15, 0.2) is 22.7 Å². The molecule has 0 bridgehead atoms. The number of benzene rings is 1. The van der Waals surface area contributed by atoms with E-state index in [0.29, 0.717) is 17.9 Å². The molecule has 2 rings (SSSR count). The summed E-state index contributed by atoms with van der Waals surface area (Å²) in [5, 5.41) is 0. The molecule has 0 saturated carbocycles.